The molecule has 1 fully saturated rings. The number of Topliss-reactive ketones (excluding diaryl/α,β-unsaturated/α-hetero) is 4. The van der Waals surface area contributed by atoms with E-state index in [1.807, 2.05) is 60.7 Å². The van der Waals surface area contributed by atoms with E-state index >= 15 is 0 Å². The van der Waals surface area contributed by atoms with Crippen LogP contribution in [0, 0.1) is 22.7 Å². The van der Waals surface area contributed by atoms with Crippen molar-refractivity contribution in [1.82, 2.24) is 0 Å². The number of carbonyl (C=O) groups excluding carboxylic acids is 4. The van der Waals surface area contributed by atoms with Crippen LogP contribution in [0.25, 0.3) is 0 Å². The Bertz CT molecular complexity index is 1500. The Kier molecular flexibility index (Phi) is 7.08. The van der Waals surface area contributed by atoms with E-state index in [9.17, 15) is 29.4 Å². The summed E-state index contributed by atoms with van der Waals surface area (Å²) in [6.07, 6.45) is 3.30. The summed E-state index contributed by atoms with van der Waals surface area (Å²) in [5.74, 6) is -5.88. The maximum atomic E-state index is 14.5. The topological polar surface area (TPSA) is 109 Å². The van der Waals surface area contributed by atoms with E-state index < -0.39 is 57.6 Å². The number of hydrogen-bond acceptors (Lipinski definition) is 6. The average molecular weight is 565 g/mol. The summed E-state index contributed by atoms with van der Waals surface area (Å²) >= 11 is 0. The fourth-order valence-corrected chi connectivity index (χ4v) is 6.97. The third-order valence-electron chi connectivity index (χ3n) is 9.01. The van der Waals surface area contributed by atoms with E-state index in [1.165, 1.54) is 0 Å². The van der Waals surface area contributed by atoms with Crippen LogP contribution in [0.15, 0.2) is 107 Å². The molecular formula is C36H36O6. The summed E-state index contributed by atoms with van der Waals surface area (Å²) in [6, 6.07) is 18.2. The molecule has 216 valence electrons. The van der Waals surface area contributed by atoms with Crippen LogP contribution in [-0.2, 0) is 19.2 Å². The first-order chi connectivity index (χ1) is 19.7. The van der Waals surface area contributed by atoms with Gasteiger partial charge in [-0.05, 0) is 63.8 Å². The molecule has 1 saturated carbocycles. The second kappa shape index (κ2) is 10.2. The Balaban J connectivity index is 1.71. The summed E-state index contributed by atoms with van der Waals surface area (Å²) in [5.41, 5.74) is -0.222. The van der Waals surface area contributed by atoms with Gasteiger partial charge in [-0.3, -0.25) is 19.2 Å². The molecule has 0 aromatic heterocycles. The smallest absolute Gasteiger partial charge is 0.179 e. The van der Waals surface area contributed by atoms with Gasteiger partial charge in [-0.2, -0.15) is 0 Å². The lowest BCUT2D eigenvalue weighted by Gasteiger charge is -2.52. The Hall–Kier alpha value is -4.32. The minimum Gasteiger partial charge on any atom is -0.507 e. The number of aliphatic hydroxyl groups excluding tert-OH is 2. The van der Waals surface area contributed by atoms with Crippen LogP contribution in [0.3, 0.4) is 0 Å². The molecule has 0 bridgehead atoms. The first-order valence-corrected chi connectivity index (χ1v) is 14.2. The van der Waals surface area contributed by atoms with E-state index in [4.69, 9.17) is 0 Å². The highest BCUT2D eigenvalue weighted by atomic mass is 16.3. The second-order valence-corrected chi connectivity index (χ2v) is 12.9. The predicted octanol–water partition coefficient (Wildman–Crippen LogP) is 6.67. The zero-order chi connectivity index (χ0) is 30.7. The molecule has 2 aromatic carbocycles. The molecule has 2 N–H and O–H groups in total. The molecule has 42 heavy (non-hydrogen) atoms. The molecule has 0 spiro atoms. The molecule has 0 aliphatic heterocycles. The van der Waals surface area contributed by atoms with Crippen LogP contribution < -0.4 is 0 Å². The molecule has 0 atom stereocenters. The third-order valence-corrected chi connectivity index (χ3v) is 9.01. The molecule has 0 radical (unpaired) electrons. The highest BCUT2D eigenvalue weighted by Gasteiger charge is 2.61. The van der Waals surface area contributed by atoms with Crippen LogP contribution in [-0.4, -0.2) is 33.3 Å². The monoisotopic (exact) mass is 564 g/mol. The van der Waals surface area contributed by atoms with Crippen molar-refractivity contribution in [1.29, 1.82) is 0 Å². The standard InChI is InChI=1S/C36H36O6/c1-19-17-35(3,4)33(41)27(29(19)37)31(39)25-23(21-13-9-7-10-14-21)26(24(25)22-15-11-8-12-16-22)32(40)28-30(38)20(2)18-36(5,6)34(28)42/h7-18,23-26,37-38H,1-6H3. The van der Waals surface area contributed by atoms with E-state index in [1.54, 1.807) is 53.7 Å². The van der Waals surface area contributed by atoms with Gasteiger partial charge >= 0.3 is 0 Å². The first kappa shape index (κ1) is 29.2. The molecule has 0 amide bonds. The van der Waals surface area contributed by atoms with E-state index in [-0.39, 0.29) is 22.7 Å². The van der Waals surface area contributed by atoms with Crippen molar-refractivity contribution in [3.63, 3.8) is 0 Å². The molecule has 0 heterocycles. The average Bonchev–Trinajstić information content (AvgIpc) is 2.92. The number of ketones is 4. The fourth-order valence-electron chi connectivity index (χ4n) is 6.97. The van der Waals surface area contributed by atoms with Gasteiger partial charge in [0.15, 0.2) is 23.1 Å². The van der Waals surface area contributed by atoms with Crippen LogP contribution >= 0.6 is 0 Å². The lowest BCUT2D eigenvalue weighted by atomic mass is 9.48. The lowest BCUT2D eigenvalue weighted by Crippen LogP contribution is -2.53. The second-order valence-electron chi connectivity index (χ2n) is 12.9. The van der Waals surface area contributed by atoms with Crippen LogP contribution in [0.5, 0.6) is 0 Å². The molecule has 3 aliphatic carbocycles. The third kappa shape index (κ3) is 4.50. The molecule has 6 heteroatoms. The predicted molar refractivity (Wildman–Crippen MR) is 160 cm³/mol. The summed E-state index contributed by atoms with van der Waals surface area (Å²) in [7, 11) is 0. The summed E-state index contributed by atoms with van der Waals surface area (Å²) in [4.78, 5) is 56.2. The SMILES string of the molecule is CC1=CC(C)(C)C(=O)C(C(=O)C2C(c3ccccc3)C(C(=O)C3=C(O)C(C)=CC(C)(C)C3=O)C2c2ccccc2)=C1O. The Morgan fingerprint density at radius 3 is 1.21 bits per heavy atom. The summed E-state index contributed by atoms with van der Waals surface area (Å²) < 4.78 is 0. The van der Waals surface area contributed by atoms with Gasteiger partial charge in [0, 0.05) is 34.5 Å². The minimum absolute atomic E-state index is 0.256. The Morgan fingerprint density at radius 1 is 0.595 bits per heavy atom. The molecule has 2 aromatic rings. The molecular weight excluding hydrogens is 528 g/mol. The van der Waals surface area contributed by atoms with Gasteiger partial charge in [-0.1, -0.05) is 72.8 Å². The van der Waals surface area contributed by atoms with Gasteiger partial charge in [0.2, 0.25) is 0 Å². The van der Waals surface area contributed by atoms with Crippen LogP contribution in [0.1, 0.15) is 64.5 Å². The zero-order valence-corrected chi connectivity index (χ0v) is 24.8. The molecule has 5 rings (SSSR count). The largest absolute Gasteiger partial charge is 0.507 e. The van der Waals surface area contributed by atoms with Crippen molar-refractivity contribution < 1.29 is 29.4 Å². The minimum atomic E-state index is -0.995. The number of aliphatic hydroxyl groups is 2. The fraction of sp³-hybridized carbons (Fsp3) is 0.333. The number of allylic oxidation sites excluding steroid dienone is 6. The van der Waals surface area contributed by atoms with E-state index in [0.717, 1.165) is 0 Å². The maximum absolute atomic E-state index is 14.5. The van der Waals surface area contributed by atoms with Crippen molar-refractivity contribution in [3.05, 3.63) is 118 Å². The van der Waals surface area contributed by atoms with Crippen molar-refractivity contribution in [2.45, 2.75) is 53.4 Å². The van der Waals surface area contributed by atoms with Gasteiger partial charge in [-0.15, -0.1) is 0 Å². The number of carbonyl (C=O) groups is 4. The van der Waals surface area contributed by atoms with Crippen molar-refractivity contribution in [2.24, 2.45) is 22.7 Å². The van der Waals surface area contributed by atoms with Gasteiger partial charge in [0.25, 0.3) is 0 Å². The van der Waals surface area contributed by atoms with Crippen molar-refractivity contribution >= 4 is 23.1 Å². The lowest BCUT2D eigenvalue weighted by molar-refractivity contribution is -0.136. The normalized spacial score (nSPS) is 26.8. The highest BCUT2D eigenvalue weighted by molar-refractivity contribution is 6.27. The van der Waals surface area contributed by atoms with E-state index in [0.29, 0.717) is 22.3 Å². The molecule has 3 aliphatic rings. The Labute approximate surface area is 246 Å². The number of hydrogen-bond donors (Lipinski definition) is 2. The van der Waals surface area contributed by atoms with Gasteiger partial charge in [0.1, 0.15) is 22.7 Å². The number of rotatable bonds is 6. The zero-order valence-electron chi connectivity index (χ0n) is 24.8. The molecule has 6 nitrogen and oxygen atoms in total. The molecule has 0 saturated heterocycles. The van der Waals surface area contributed by atoms with Crippen molar-refractivity contribution in [3.8, 4) is 0 Å². The number of benzene rings is 2. The Morgan fingerprint density at radius 2 is 0.905 bits per heavy atom. The summed E-state index contributed by atoms with van der Waals surface area (Å²) in [5, 5.41) is 22.1. The van der Waals surface area contributed by atoms with E-state index in [2.05, 4.69) is 0 Å². The van der Waals surface area contributed by atoms with Crippen LogP contribution in [0.2, 0.25) is 0 Å². The van der Waals surface area contributed by atoms with Gasteiger partial charge < -0.3 is 10.2 Å². The van der Waals surface area contributed by atoms with Crippen molar-refractivity contribution in [2.75, 3.05) is 0 Å². The maximum Gasteiger partial charge on any atom is 0.179 e. The molecule has 0 unspecified atom stereocenters. The van der Waals surface area contributed by atoms with Crippen LogP contribution in [0.4, 0.5) is 0 Å². The quantitative estimate of drug-likeness (QED) is 0.379. The highest BCUT2D eigenvalue weighted by Crippen LogP contribution is 2.60. The first-order valence-electron chi connectivity index (χ1n) is 14.2. The summed E-state index contributed by atoms with van der Waals surface area (Å²) in [6.45, 7) is 10.1. The van der Waals surface area contributed by atoms with Gasteiger partial charge in [-0.25, -0.2) is 0 Å². The van der Waals surface area contributed by atoms with Gasteiger partial charge in [0.05, 0.1) is 0 Å².